The number of nitrogens with one attached hydrogen (secondary N) is 2. The van der Waals surface area contributed by atoms with E-state index >= 15 is 0 Å². The SMILES string of the molecule is C[C@@H](Oc1ccc2c(c1)CCCC2)C(=O)Nc1ccccc1C(=O)N[C@H](C)c1ccccc1. The fourth-order valence-electron chi connectivity index (χ4n) is 4.16. The zero-order chi connectivity index (χ0) is 23.2. The van der Waals surface area contributed by atoms with Crippen molar-refractivity contribution < 1.29 is 14.3 Å². The van der Waals surface area contributed by atoms with Gasteiger partial charge in [-0.1, -0.05) is 48.5 Å². The molecule has 3 aromatic carbocycles. The number of amides is 2. The number of para-hydroxylation sites is 1. The largest absolute Gasteiger partial charge is 0.481 e. The number of ether oxygens (including phenoxy) is 1. The topological polar surface area (TPSA) is 67.4 Å². The van der Waals surface area contributed by atoms with Crippen LogP contribution in [0.15, 0.2) is 72.8 Å². The minimum Gasteiger partial charge on any atom is -0.481 e. The van der Waals surface area contributed by atoms with Crippen LogP contribution in [0, 0.1) is 0 Å². The van der Waals surface area contributed by atoms with Crippen molar-refractivity contribution in [3.8, 4) is 5.75 Å². The number of carbonyl (C=O) groups is 2. The lowest BCUT2D eigenvalue weighted by Crippen LogP contribution is -2.32. The normalized spacial score (nSPS) is 14.5. The summed E-state index contributed by atoms with van der Waals surface area (Å²) in [5, 5.41) is 5.86. The highest BCUT2D eigenvalue weighted by Crippen LogP contribution is 2.26. The van der Waals surface area contributed by atoms with Crippen LogP contribution < -0.4 is 15.4 Å². The van der Waals surface area contributed by atoms with Gasteiger partial charge in [-0.2, -0.15) is 0 Å². The van der Waals surface area contributed by atoms with Crippen molar-refractivity contribution >= 4 is 17.5 Å². The first-order valence-electron chi connectivity index (χ1n) is 11.6. The summed E-state index contributed by atoms with van der Waals surface area (Å²) < 4.78 is 5.92. The number of carbonyl (C=O) groups excluding carboxylic acids is 2. The smallest absolute Gasteiger partial charge is 0.265 e. The molecule has 170 valence electrons. The van der Waals surface area contributed by atoms with Crippen molar-refractivity contribution in [3.63, 3.8) is 0 Å². The Morgan fingerprint density at radius 2 is 1.55 bits per heavy atom. The molecule has 0 saturated heterocycles. The Kier molecular flexibility index (Phi) is 7.08. The Morgan fingerprint density at radius 3 is 2.33 bits per heavy atom. The fourth-order valence-corrected chi connectivity index (χ4v) is 4.16. The summed E-state index contributed by atoms with van der Waals surface area (Å²) >= 11 is 0. The van der Waals surface area contributed by atoms with Gasteiger partial charge in [0.2, 0.25) is 0 Å². The number of fused-ring (bicyclic) bond motifs is 1. The lowest BCUT2D eigenvalue weighted by molar-refractivity contribution is -0.122. The fraction of sp³-hybridized carbons (Fsp3) is 0.286. The van der Waals surface area contributed by atoms with Gasteiger partial charge < -0.3 is 15.4 Å². The van der Waals surface area contributed by atoms with Crippen LogP contribution >= 0.6 is 0 Å². The highest BCUT2D eigenvalue weighted by Gasteiger charge is 2.20. The van der Waals surface area contributed by atoms with Crippen LogP contribution in [0.5, 0.6) is 5.75 Å². The van der Waals surface area contributed by atoms with Gasteiger partial charge >= 0.3 is 0 Å². The zero-order valence-corrected chi connectivity index (χ0v) is 19.1. The second kappa shape index (κ2) is 10.3. The molecule has 0 radical (unpaired) electrons. The van der Waals surface area contributed by atoms with Gasteiger partial charge in [-0.3, -0.25) is 9.59 Å². The number of hydrogen-bond donors (Lipinski definition) is 2. The molecular formula is C28H30N2O3. The van der Waals surface area contributed by atoms with Crippen LogP contribution in [0.2, 0.25) is 0 Å². The number of hydrogen-bond acceptors (Lipinski definition) is 3. The molecule has 33 heavy (non-hydrogen) atoms. The van der Waals surface area contributed by atoms with E-state index in [-0.39, 0.29) is 17.9 Å². The number of aryl methyl sites for hydroxylation is 2. The van der Waals surface area contributed by atoms with Crippen molar-refractivity contribution in [2.45, 2.75) is 51.7 Å². The standard InChI is InChI=1S/C28H30N2O3/c1-19(21-10-4-3-5-11-21)29-28(32)25-14-8-9-15-26(25)30-27(31)20(2)33-24-17-16-22-12-6-7-13-23(22)18-24/h3-5,8-11,14-20H,6-7,12-13H2,1-2H3,(H,29,32)(H,30,31)/t19-,20-/m1/s1. The number of rotatable bonds is 7. The second-order valence-electron chi connectivity index (χ2n) is 8.54. The van der Waals surface area contributed by atoms with E-state index < -0.39 is 6.10 Å². The summed E-state index contributed by atoms with van der Waals surface area (Å²) in [6, 6.07) is 22.7. The molecule has 0 aromatic heterocycles. The van der Waals surface area contributed by atoms with Gasteiger partial charge in [0.25, 0.3) is 11.8 Å². The van der Waals surface area contributed by atoms with Gasteiger partial charge in [-0.15, -0.1) is 0 Å². The van der Waals surface area contributed by atoms with Gasteiger partial charge in [-0.25, -0.2) is 0 Å². The predicted octanol–water partition coefficient (Wildman–Crippen LogP) is 5.46. The molecule has 5 nitrogen and oxygen atoms in total. The summed E-state index contributed by atoms with van der Waals surface area (Å²) in [6.07, 6.45) is 3.87. The first kappa shape index (κ1) is 22.6. The zero-order valence-electron chi connectivity index (χ0n) is 19.1. The maximum Gasteiger partial charge on any atom is 0.265 e. The van der Waals surface area contributed by atoms with Crippen molar-refractivity contribution in [2.75, 3.05) is 5.32 Å². The summed E-state index contributed by atoms with van der Waals surface area (Å²) in [4.78, 5) is 25.8. The number of anilines is 1. The maximum atomic E-state index is 12.9. The van der Waals surface area contributed by atoms with Crippen LogP contribution in [-0.2, 0) is 17.6 Å². The second-order valence-corrected chi connectivity index (χ2v) is 8.54. The van der Waals surface area contributed by atoms with E-state index in [1.807, 2.05) is 49.4 Å². The molecule has 0 unspecified atom stereocenters. The van der Waals surface area contributed by atoms with Crippen LogP contribution in [0.1, 0.15) is 59.8 Å². The Labute approximate surface area is 195 Å². The van der Waals surface area contributed by atoms with Crippen molar-refractivity contribution in [3.05, 3.63) is 95.1 Å². The van der Waals surface area contributed by atoms with Crippen LogP contribution in [-0.4, -0.2) is 17.9 Å². The van der Waals surface area contributed by atoms with E-state index in [2.05, 4.69) is 16.7 Å². The molecule has 0 aliphatic heterocycles. The molecule has 5 heteroatoms. The van der Waals surface area contributed by atoms with Crippen LogP contribution in [0.3, 0.4) is 0 Å². The van der Waals surface area contributed by atoms with Gasteiger partial charge in [0.15, 0.2) is 6.10 Å². The van der Waals surface area contributed by atoms with E-state index in [1.54, 1.807) is 31.2 Å². The van der Waals surface area contributed by atoms with Crippen LogP contribution in [0.4, 0.5) is 5.69 Å². The molecule has 0 fully saturated rings. The molecule has 3 aromatic rings. The summed E-state index contributed by atoms with van der Waals surface area (Å²) in [5.74, 6) is 0.149. The minimum absolute atomic E-state index is 0.159. The van der Waals surface area contributed by atoms with Gasteiger partial charge in [-0.05, 0) is 80.5 Å². The Bertz CT molecular complexity index is 1130. The average molecular weight is 443 g/mol. The molecule has 0 bridgehead atoms. The summed E-state index contributed by atoms with van der Waals surface area (Å²) in [5.41, 5.74) is 4.56. The molecule has 2 atom stereocenters. The first-order valence-corrected chi connectivity index (χ1v) is 11.6. The molecule has 0 heterocycles. The minimum atomic E-state index is -0.703. The monoisotopic (exact) mass is 442 g/mol. The third kappa shape index (κ3) is 5.61. The van der Waals surface area contributed by atoms with E-state index in [1.165, 1.54) is 24.0 Å². The molecule has 1 aliphatic rings. The van der Waals surface area contributed by atoms with Gasteiger partial charge in [0.05, 0.1) is 17.3 Å². The molecule has 4 rings (SSSR count). The van der Waals surface area contributed by atoms with E-state index in [0.717, 1.165) is 18.4 Å². The van der Waals surface area contributed by atoms with Crippen molar-refractivity contribution in [1.82, 2.24) is 5.32 Å². The molecular weight excluding hydrogens is 412 g/mol. The summed E-state index contributed by atoms with van der Waals surface area (Å²) in [6.45, 7) is 3.65. The molecule has 2 amide bonds. The number of benzene rings is 3. The highest BCUT2D eigenvalue weighted by molar-refractivity contribution is 6.04. The van der Waals surface area contributed by atoms with Gasteiger partial charge in [0.1, 0.15) is 5.75 Å². The van der Waals surface area contributed by atoms with E-state index in [4.69, 9.17) is 4.74 Å². The van der Waals surface area contributed by atoms with Crippen LogP contribution in [0.25, 0.3) is 0 Å². The van der Waals surface area contributed by atoms with E-state index in [0.29, 0.717) is 17.0 Å². The predicted molar refractivity (Wildman–Crippen MR) is 131 cm³/mol. The Morgan fingerprint density at radius 1 is 0.848 bits per heavy atom. The van der Waals surface area contributed by atoms with Gasteiger partial charge in [0, 0.05) is 0 Å². The highest BCUT2D eigenvalue weighted by atomic mass is 16.5. The molecule has 0 saturated carbocycles. The summed E-state index contributed by atoms with van der Waals surface area (Å²) in [7, 11) is 0. The molecule has 2 N–H and O–H groups in total. The Hall–Kier alpha value is -3.60. The Balaban J connectivity index is 1.41. The van der Waals surface area contributed by atoms with E-state index in [9.17, 15) is 9.59 Å². The third-order valence-electron chi connectivity index (χ3n) is 6.08. The van der Waals surface area contributed by atoms with Crippen molar-refractivity contribution in [1.29, 1.82) is 0 Å². The molecule has 0 spiro atoms. The average Bonchev–Trinajstić information content (AvgIpc) is 2.84. The first-order chi connectivity index (χ1) is 16.0. The molecule has 1 aliphatic carbocycles. The quantitative estimate of drug-likeness (QED) is 0.510. The maximum absolute atomic E-state index is 12.9. The lowest BCUT2D eigenvalue weighted by atomic mass is 9.92. The lowest BCUT2D eigenvalue weighted by Gasteiger charge is -2.20. The third-order valence-corrected chi connectivity index (χ3v) is 6.08. The van der Waals surface area contributed by atoms with Crippen molar-refractivity contribution in [2.24, 2.45) is 0 Å².